The number of methoxy groups -OCH3 is 1. The normalized spacial score (nSPS) is 15.7. The van der Waals surface area contributed by atoms with Crippen LogP contribution >= 0.6 is 0 Å². The number of hydrogen-bond acceptors (Lipinski definition) is 5. The van der Waals surface area contributed by atoms with Crippen molar-refractivity contribution in [3.8, 4) is 17.3 Å². The van der Waals surface area contributed by atoms with Crippen LogP contribution in [-0.4, -0.2) is 46.4 Å². The van der Waals surface area contributed by atoms with Gasteiger partial charge in [0.05, 0.1) is 29.8 Å². The lowest BCUT2D eigenvalue weighted by Gasteiger charge is -2.31. The molecule has 3 heterocycles. The summed E-state index contributed by atoms with van der Waals surface area (Å²) in [5.74, 6) is 1.32. The summed E-state index contributed by atoms with van der Waals surface area (Å²) >= 11 is 0. The Morgan fingerprint density at radius 2 is 2.04 bits per heavy atom. The molecule has 0 bridgehead atoms. The number of hydrogen-bond donors (Lipinski definition) is 2. The highest BCUT2D eigenvalue weighted by Gasteiger charge is 2.18. The highest BCUT2D eigenvalue weighted by molar-refractivity contribution is 5.83. The van der Waals surface area contributed by atoms with Crippen molar-refractivity contribution in [3.63, 3.8) is 0 Å². The fourth-order valence-electron chi connectivity index (χ4n) is 3.33. The number of imidazole rings is 1. The van der Waals surface area contributed by atoms with Gasteiger partial charge in [-0.25, -0.2) is 9.97 Å². The molecular formula is C19H22N4O2. The molecule has 2 aromatic heterocycles. The van der Waals surface area contributed by atoms with Crippen molar-refractivity contribution in [2.45, 2.75) is 25.9 Å². The van der Waals surface area contributed by atoms with E-state index in [1.54, 1.807) is 13.3 Å². The van der Waals surface area contributed by atoms with Crippen LogP contribution in [0.3, 0.4) is 0 Å². The molecule has 3 aromatic rings. The van der Waals surface area contributed by atoms with E-state index in [0.29, 0.717) is 5.88 Å². The number of rotatable bonds is 3. The fourth-order valence-corrected chi connectivity index (χ4v) is 3.33. The Morgan fingerprint density at radius 3 is 2.80 bits per heavy atom. The molecule has 6 nitrogen and oxygen atoms in total. The molecule has 130 valence electrons. The Hall–Kier alpha value is -2.60. The molecule has 1 fully saturated rings. The van der Waals surface area contributed by atoms with Gasteiger partial charge in [0.2, 0.25) is 5.88 Å². The molecule has 1 aliphatic rings. The molecule has 1 aliphatic heterocycles. The molecule has 6 heteroatoms. The molecule has 0 spiro atoms. The second kappa shape index (κ2) is 6.37. The average Bonchev–Trinajstić information content (AvgIpc) is 3.05. The Labute approximate surface area is 146 Å². The number of H-pyrrole nitrogens is 1. The van der Waals surface area contributed by atoms with Gasteiger partial charge in [-0.3, -0.25) is 0 Å². The minimum Gasteiger partial charge on any atom is -0.480 e. The van der Waals surface area contributed by atoms with Crippen molar-refractivity contribution >= 4 is 16.7 Å². The third-order valence-electron chi connectivity index (χ3n) is 4.73. The summed E-state index contributed by atoms with van der Waals surface area (Å²) in [6, 6.07) is 8.28. The lowest BCUT2D eigenvalue weighted by molar-refractivity contribution is 0.145. The highest BCUT2D eigenvalue weighted by atomic mass is 16.5. The van der Waals surface area contributed by atoms with Gasteiger partial charge in [-0.05, 0) is 49.6 Å². The van der Waals surface area contributed by atoms with Gasteiger partial charge in [-0.1, -0.05) is 0 Å². The van der Waals surface area contributed by atoms with E-state index in [9.17, 15) is 5.11 Å². The smallest absolute Gasteiger partial charge is 0.224 e. The van der Waals surface area contributed by atoms with E-state index in [4.69, 9.17) is 9.72 Å². The van der Waals surface area contributed by atoms with E-state index in [1.807, 2.05) is 19.1 Å². The number of anilines is 1. The van der Waals surface area contributed by atoms with Crippen molar-refractivity contribution in [1.29, 1.82) is 0 Å². The lowest BCUT2D eigenvalue weighted by atomic mass is 10.1. The monoisotopic (exact) mass is 338 g/mol. The number of aliphatic hydroxyl groups excluding tert-OH is 1. The molecule has 0 radical (unpaired) electrons. The van der Waals surface area contributed by atoms with Gasteiger partial charge in [0.15, 0.2) is 0 Å². The average molecular weight is 338 g/mol. The molecule has 1 saturated heterocycles. The Bertz CT molecular complexity index is 898. The number of piperidine rings is 1. The lowest BCUT2D eigenvalue weighted by Crippen LogP contribution is -2.35. The Morgan fingerprint density at radius 1 is 1.24 bits per heavy atom. The van der Waals surface area contributed by atoms with Crippen LogP contribution < -0.4 is 9.64 Å². The largest absolute Gasteiger partial charge is 0.480 e. The van der Waals surface area contributed by atoms with Crippen LogP contribution in [0.5, 0.6) is 5.88 Å². The molecule has 25 heavy (non-hydrogen) atoms. The number of aromatic amines is 1. The number of nitrogens with one attached hydrogen (secondary N) is 1. The number of benzene rings is 1. The summed E-state index contributed by atoms with van der Waals surface area (Å²) in [5.41, 5.74) is 4.98. The zero-order valence-electron chi connectivity index (χ0n) is 14.5. The number of ether oxygens (including phenoxy) is 1. The molecule has 1 aromatic carbocycles. The van der Waals surface area contributed by atoms with E-state index < -0.39 is 0 Å². The first kappa shape index (κ1) is 15.9. The van der Waals surface area contributed by atoms with Crippen molar-refractivity contribution in [2.24, 2.45) is 0 Å². The van der Waals surface area contributed by atoms with E-state index in [2.05, 4.69) is 27.0 Å². The minimum absolute atomic E-state index is 0.167. The van der Waals surface area contributed by atoms with E-state index >= 15 is 0 Å². The quantitative estimate of drug-likeness (QED) is 0.768. The highest BCUT2D eigenvalue weighted by Crippen LogP contribution is 2.30. The first-order chi connectivity index (χ1) is 12.1. The summed E-state index contributed by atoms with van der Waals surface area (Å²) < 4.78 is 5.38. The zero-order chi connectivity index (χ0) is 17.4. The van der Waals surface area contributed by atoms with E-state index in [1.165, 1.54) is 0 Å². The molecule has 0 amide bonds. The predicted octanol–water partition coefficient (Wildman–Crippen LogP) is 2.90. The van der Waals surface area contributed by atoms with Gasteiger partial charge in [-0.2, -0.15) is 0 Å². The summed E-state index contributed by atoms with van der Waals surface area (Å²) in [4.78, 5) is 14.7. The standard InChI is InChI=1S/C19H22N4O2/c1-12-9-15(19(25-2)20-11-12)18-21-16-4-3-13(10-17(16)22-18)23-7-5-14(24)6-8-23/h3-4,9-11,14,24H,5-8H2,1-2H3,(H,21,22). The third kappa shape index (κ3) is 3.05. The molecule has 0 aliphatic carbocycles. The van der Waals surface area contributed by atoms with Gasteiger partial charge in [0.1, 0.15) is 5.82 Å². The zero-order valence-corrected chi connectivity index (χ0v) is 14.5. The predicted molar refractivity (Wildman–Crippen MR) is 98.1 cm³/mol. The molecule has 0 saturated carbocycles. The maximum Gasteiger partial charge on any atom is 0.224 e. The first-order valence-electron chi connectivity index (χ1n) is 8.58. The van der Waals surface area contributed by atoms with Crippen LogP contribution in [0.25, 0.3) is 22.4 Å². The SMILES string of the molecule is COc1ncc(C)cc1-c1nc2ccc(N3CCC(O)CC3)cc2[nH]1. The summed E-state index contributed by atoms with van der Waals surface area (Å²) in [5, 5.41) is 9.69. The van der Waals surface area contributed by atoms with Crippen LogP contribution in [0.4, 0.5) is 5.69 Å². The van der Waals surface area contributed by atoms with Gasteiger partial charge in [-0.15, -0.1) is 0 Å². The molecule has 4 rings (SSSR count). The van der Waals surface area contributed by atoms with Gasteiger partial charge < -0.3 is 19.7 Å². The number of fused-ring (bicyclic) bond motifs is 1. The van der Waals surface area contributed by atoms with Crippen LogP contribution in [0.1, 0.15) is 18.4 Å². The molecule has 0 atom stereocenters. The second-order valence-corrected chi connectivity index (χ2v) is 6.57. The van der Waals surface area contributed by atoms with Crippen molar-refractivity contribution in [3.05, 3.63) is 36.0 Å². The molecular weight excluding hydrogens is 316 g/mol. The third-order valence-corrected chi connectivity index (χ3v) is 4.73. The topological polar surface area (TPSA) is 74.3 Å². The first-order valence-corrected chi connectivity index (χ1v) is 8.58. The maximum atomic E-state index is 9.69. The number of aryl methyl sites for hydroxylation is 1. The van der Waals surface area contributed by atoms with E-state index in [0.717, 1.165) is 59.6 Å². The molecule has 0 unspecified atom stereocenters. The van der Waals surface area contributed by atoms with E-state index in [-0.39, 0.29) is 6.10 Å². The van der Waals surface area contributed by atoms with Gasteiger partial charge in [0, 0.05) is 25.0 Å². The Balaban J connectivity index is 1.70. The second-order valence-electron chi connectivity index (χ2n) is 6.57. The number of aromatic nitrogens is 3. The Kier molecular flexibility index (Phi) is 4.05. The van der Waals surface area contributed by atoms with Crippen LogP contribution in [0.2, 0.25) is 0 Å². The van der Waals surface area contributed by atoms with Crippen LogP contribution in [-0.2, 0) is 0 Å². The summed E-state index contributed by atoms with van der Waals surface area (Å²) in [7, 11) is 1.62. The maximum absolute atomic E-state index is 9.69. The number of aliphatic hydroxyl groups is 1. The van der Waals surface area contributed by atoms with Crippen molar-refractivity contribution < 1.29 is 9.84 Å². The van der Waals surface area contributed by atoms with Crippen LogP contribution in [0, 0.1) is 6.92 Å². The minimum atomic E-state index is -0.167. The van der Waals surface area contributed by atoms with Gasteiger partial charge >= 0.3 is 0 Å². The summed E-state index contributed by atoms with van der Waals surface area (Å²) in [6.45, 7) is 3.76. The van der Waals surface area contributed by atoms with Crippen LogP contribution in [0.15, 0.2) is 30.5 Å². The fraction of sp³-hybridized carbons (Fsp3) is 0.368. The van der Waals surface area contributed by atoms with Crippen molar-refractivity contribution in [1.82, 2.24) is 15.0 Å². The molecule has 2 N–H and O–H groups in total. The number of nitrogens with zero attached hydrogens (tertiary/aromatic N) is 3. The van der Waals surface area contributed by atoms with Gasteiger partial charge in [0.25, 0.3) is 0 Å². The van der Waals surface area contributed by atoms with Crippen molar-refractivity contribution in [2.75, 3.05) is 25.1 Å². The number of pyridine rings is 1. The summed E-state index contributed by atoms with van der Waals surface area (Å²) in [6.07, 6.45) is 3.25.